The van der Waals surface area contributed by atoms with E-state index < -0.39 is 17.5 Å². The molecule has 0 bridgehead atoms. The number of aromatic hydroxyl groups is 1. The fourth-order valence-corrected chi connectivity index (χ4v) is 1.26. The van der Waals surface area contributed by atoms with Gasteiger partial charge < -0.3 is 10.1 Å². The van der Waals surface area contributed by atoms with Crippen molar-refractivity contribution in [1.82, 2.24) is 4.98 Å². The summed E-state index contributed by atoms with van der Waals surface area (Å²) in [5.74, 6) is -0.341. The zero-order valence-corrected chi connectivity index (χ0v) is 7.94. The van der Waals surface area contributed by atoms with Crippen molar-refractivity contribution >= 4 is 15.9 Å². The van der Waals surface area contributed by atoms with Gasteiger partial charge >= 0.3 is 0 Å². The molecule has 2 N–H and O–H groups in total. The van der Waals surface area contributed by atoms with Crippen molar-refractivity contribution in [3.8, 4) is 5.75 Å². The van der Waals surface area contributed by atoms with Crippen LogP contribution in [0.1, 0.15) is 17.7 Å². The maximum absolute atomic E-state index is 12.1. The Balaban J connectivity index is 3.29. The van der Waals surface area contributed by atoms with Gasteiger partial charge in [0.25, 0.3) is 12.0 Å². The fraction of sp³-hybridized carbons (Fsp3) is 0.286. The summed E-state index contributed by atoms with van der Waals surface area (Å²) < 4.78 is 24.2. The molecule has 0 aliphatic rings. The molecule has 0 amide bonds. The predicted octanol–water partition coefficient (Wildman–Crippen LogP) is 1.91. The second kappa shape index (κ2) is 3.87. The number of halogens is 3. The highest BCUT2D eigenvalue weighted by Crippen LogP contribution is 2.21. The summed E-state index contributed by atoms with van der Waals surface area (Å²) in [4.78, 5) is 13.1. The molecular formula is C7H6BrF2NO2. The van der Waals surface area contributed by atoms with E-state index in [1.165, 1.54) is 0 Å². The molecule has 3 nitrogen and oxygen atoms in total. The maximum atomic E-state index is 12.1. The minimum atomic E-state index is -2.88. The Labute approximate surface area is 80.5 Å². The van der Waals surface area contributed by atoms with Crippen molar-refractivity contribution in [3.63, 3.8) is 0 Å². The highest BCUT2D eigenvalue weighted by atomic mass is 79.9. The first-order chi connectivity index (χ1) is 6.06. The van der Waals surface area contributed by atoms with Gasteiger partial charge in [-0.25, -0.2) is 8.78 Å². The Bertz CT molecular complexity index is 364. The molecule has 0 unspecified atom stereocenters. The molecule has 0 atom stereocenters. The van der Waals surface area contributed by atoms with E-state index in [2.05, 4.69) is 20.9 Å². The highest BCUT2D eigenvalue weighted by molar-refractivity contribution is 9.08. The van der Waals surface area contributed by atoms with Gasteiger partial charge in [0, 0.05) is 5.33 Å². The number of aromatic nitrogens is 1. The molecule has 0 aliphatic carbocycles. The van der Waals surface area contributed by atoms with Gasteiger partial charge in [0.15, 0.2) is 0 Å². The molecule has 1 aromatic rings. The van der Waals surface area contributed by atoms with Crippen LogP contribution in [0.2, 0.25) is 0 Å². The summed E-state index contributed by atoms with van der Waals surface area (Å²) in [5, 5.41) is 9.34. The van der Waals surface area contributed by atoms with Gasteiger partial charge in [-0.2, -0.15) is 0 Å². The number of aromatic amines is 1. The Morgan fingerprint density at radius 3 is 2.69 bits per heavy atom. The van der Waals surface area contributed by atoms with Crippen molar-refractivity contribution in [1.29, 1.82) is 0 Å². The van der Waals surface area contributed by atoms with E-state index in [-0.39, 0.29) is 16.8 Å². The first-order valence-electron chi connectivity index (χ1n) is 3.35. The lowest BCUT2D eigenvalue weighted by molar-refractivity contribution is 0.149. The first-order valence-corrected chi connectivity index (χ1v) is 4.47. The molecule has 0 radical (unpaired) electrons. The Morgan fingerprint density at radius 2 is 2.23 bits per heavy atom. The molecule has 72 valence electrons. The predicted molar refractivity (Wildman–Crippen MR) is 46.3 cm³/mol. The van der Waals surface area contributed by atoms with Crippen molar-refractivity contribution < 1.29 is 13.9 Å². The number of hydrogen-bond donors (Lipinski definition) is 2. The van der Waals surface area contributed by atoms with Crippen LogP contribution in [0, 0.1) is 0 Å². The number of rotatable bonds is 2. The highest BCUT2D eigenvalue weighted by Gasteiger charge is 2.14. The molecular weight excluding hydrogens is 248 g/mol. The standard InChI is InChI=1S/C7H6BrF2NO2/c8-2-4-5(12)1-3(6(9)10)7(13)11-4/h1,6,12H,2H2,(H,11,13). The molecule has 0 saturated heterocycles. The minimum Gasteiger partial charge on any atom is -0.506 e. The van der Waals surface area contributed by atoms with Gasteiger partial charge in [0.2, 0.25) is 0 Å². The Morgan fingerprint density at radius 1 is 1.62 bits per heavy atom. The molecule has 6 heteroatoms. The zero-order chi connectivity index (χ0) is 10.0. The van der Waals surface area contributed by atoms with E-state index in [1.54, 1.807) is 0 Å². The largest absolute Gasteiger partial charge is 0.506 e. The normalized spacial score (nSPS) is 10.8. The van der Waals surface area contributed by atoms with Crippen LogP contribution >= 0.6 is 15.9 Å². The average Bonchev–Trinajstić information content (AvgIpc) is 2.07. The summed E-state index contributed by atoms with van der Waals surface area (Å²) in [6, 6.07) is 0.778. The van der Waals surface area contributed by atoms with Crippen LogP contribution in [0.4, 0.5) is 8.78 Å². The summed E-state index contributed by atoms with van der Waals surface area (Å²) >= 11 is 2.99. The molecule has 1 rings (SSSR count). The van der Waals surface area contributed by atoms with Crippen LogP contribution in [0.15, 0.2) is 10.9 Å². The van der Waals surface area contributed by atoms with Gasteiger partial charge in [-0.15, -0.1) is 0 Å². The van der Waals surface area contributed by atoms with Crippen LogP contribution in [0.25, 0.3) is 0 Å². The third kappa shape index (κ3) is 2.06. The number of H-pyrrole nitrogens is 1. The van der Waals surface area contributed by atoms with E-state index in [4.69, 9.17) is 5.11 Å². The second-order valence-electron chi connectivity index (χ2n) is 2.35. The van der Waals surface area contributed by atoms with Crippen LogP contribution in [0.3, 0.4) is 0 Å². The maximum Gasteiger partial charge on any atom is 0.269 e. The topological polar surface area (TPSA) is 53.1 Å². The summed E-state index contributed by atoms with van der Waals surface area (Å²) in [7, 11) is 0. The molecule has 0 aliphatic heterocycles. The van der Waals surface area contributed by atoms with E-state index in [0.29, 0.717) is 0 Å². The SMILES string of the molecule is O=c1[nH]c(CBr)c(O)cc1C(F)F. The summed E-state index contributed by atoms with van der Waals surface area (Å²) in [6.07, 6.45) is -2.88. The van der Waals surface area contributed by atoms with E-state index in [0.717, 1.165) is 6.07 Å². The van der Waals surface area contributed by atoms with Gasteiger partial charge in [-0.1, -0.05) is 15.9 Å². The van der Waals surface area contributed by atoms with Gasteiger partial charge in [0.1, 0.15) is 5.75 Å². The molecule has 1 aromatic heterocycles. The molecule has 13 heavy (non-hydrogen) atoms. The number of pyridine rings is 1. The van der Waals surface area contributed by atoms with Crippen molar-refractivity contribution in [2.45, 2.75) is 11.8 Å². The quantitative estimate of drug-likeness (QED) is 0.792. The number of alkyl halides is 3. The zero-order valence-electron chi connectivity index (χ0n) is 6.35. The number of nitrogens with one attached hydrogen (secondary N) is 1. The minimum absolute atomic E-state index is 0.189. The molecule has 0 saturated carbocycles. The lowest BCUT2D eigenvalue weighted by Gasteiger charge is -2.03. The van der Waals surface area contributed by atoms with Gasteiger partial charge in [0.05, 0.1) is 11.3 Å². The first kappa shape index (κ1) is 10.2. The van der Waals surface area contributed by atoms with Crippen LogP contribution < -0.4 is 5.56 Å². The van der Waals surface area contributed by atoms with Crippen LogP contribution in [-0.4, -0.2) is 10.1 Å². The van der Waals surface area contributed by atoms with Gasteiger partial charge in [-0.05, 0) is 6.07 Å². The monoisotopic (exact) mass is 253 g/mol. The third-order valence-corrected chi connectivity index (χ3v) is 2.06. The fourth-order valence-electron chi connectivity index (χ4n) is 0.837. The van der Waals surface area contributed by atoms with Crippen molar-refractivity contribution in [3.05, 3.63) is 27.7 Å². The molecule has 0 spiro atoms. The molecule has 0 aromatic carbocycles. The summed E-state index contributed by atoms with van der Waals surface area (Å²) in [5.41, 5.74) is -1.40. The Kier molecular flexibility index (Phi) is 3.02. The number of hydrogen-bond acceptors (Lipinski definition) is 2. The Hall–Kier alpha value is -0.910. The van der Waals surface area contributed by atoms with Gasteiger partial charge in [-0.3, -0.25) is 4.79 Å². The third-order valence-electron chi connectivity index (χ3n) is 1.50. The lowest BCUT2D eigenvalue weighted by Crippen LogP contribution is -2.14. The average molecular weight is 254 g/mol. The summed E-state index contributed by atoms with van der Waals surface area (Å²) in [6.45, 7) is 0. The van der Waals surface area contributed by atoms with Crippen LogP contribution in [-0.2, 0) is 5.33 Å². The van der Waals surface area contributed by atoms with Crippen LogP contribution in [0.5, 0.6) is 5.75 Å². The van der Waals surface area contributed by atoms with E-state index in [1.807, 2.05) is 0 Å². The smallest absolute Gasteiger partial charge is 0.269 e. The van der Waals surface area contributed by atoms with E-state index >= 15 is 0 Å². The van der Waals surface area contributed by atoms with Crippen molar-refractivity contribution in [2.24, 2.45) is 0 Å². The van der Waals surface area contributed by atoms with Crippen molar-refractivity contribution in [2.75, 3.05) is 0 Å². The van der Waals surface area contributed by atoms with E-state index in [9.17, 15) is 13.6 Å². The molecule has 1 heterocycles. The lowest BCUT2D eigenvalue weighted by atomic mass is 10.2. The molecule has 0 fully saturated rings. The second-order valence-corrected chi connectivity index (χ2v) is 2.91.